The van der Waals surface area contributed by atoms with Gasteiger partial charge in [0.2, 0.25) is 0 Å². The first-order valence-corrected chi connectivity index (χ1v) is 4.74. The number of nitrogens with zero attached hydrogens (tertiary/aromatic N) is 10. The van der Waals surface area contributed by atoms with Gasteiger partial charge in [-0.2, -0.15) is 0 Å². The molecule has 10 N–H and O–H groups in total. The third-order valence-electron chi connectivity index (χ3n) is 0. The van der Waals surface area contributed by atoms with Gasteiger partial charge in [0, 0.05) is 0 Å². The molecule has 34 heavy (non-hydrogen) atoms. The molecular formula is C10H12Fe2N20Na2. The summed E-state index contributed by atoms with van der Waals surface area (Å²) in [5.41, 5.74) is 55.1. The maximum atomic E-state index is 6.99. The number of rotatable bonds is 0. The van der Waals surface area contributed by atoms with Crippen LogP contribution in [-0.4, -0.2) is 0 Å². The predicted octanol–water partition coefficient (Wildman–Crippen LogP) is -0.575. The van der Waals surface area contributed by atoms with Gasteiger partial charge in [-0.15, -0.1) is 0 Å². The van der Waals surface area contributed by atoms with Gasteiger partial charge in [-0.25, -0.2) is 0 Å². The third kappa shape index (κ3) is 1230. The van der Waals surface area contributed by atoms with E-state index in [0.717, 1.165) is 61.9 Å². The summed E-state index contributed by atoms with van der Waals surface area (Å²) >= 11 is 0. The number of nitrogens with one attached hydrogen (secondary N) is 10. The van der Waals surface area contributed by atoms with Crippen molar-refractivity contribution in [2.24, 2.45) is 0 Å². The molecular weight excluding hydrogens is 558 g/mol. The van der Waals surface area contributed by atoms with Crippen LogP contribution in [-0.2, 0) is 34.1 Å². The van der Waals surface area contributed by atoms with Crippen LogP contribution in [0.5, 0.6) is 0 Å². The van der Waals surface area contributed by atoms with Gasteiger partial charge in [0.1, 0.15) is 0 Å². The Morgan fingerprint density at radius 2 is 0.265 bits per heavy atom. The minimum absolute atomic E-state index is 0. The van der Waals surface area contributed by atoms with Crippen molar-refractivity contribution in [3.63, 3.8) is 0 Å². The average Bonchev–Trinajstić information content (AvgIpc) is 2.61. The van der Waals surface area contributed by atoms with E-state index < -0.39 is 0 Å². The van der Waals surface area contributed by atoms with Crippen LogP contribution in [0.15, 0.2) is 0 Å². The molecule has 170 valence electrons. The molecule has 0 aromatic heterocycles. The number of nitriles is 10. The summed E-state index contributed by atoms with van der Waals surface area (Å²) in [6.07, 6.45) is 10.0. The molecule has 0 spiro atoms. The molecule has 0 fully saturated rings. The van der Waals surface area contributed by atoms with Gasteiger partial charge < -0.3 is 113 Å². The molecule has 0 rings (SSSR count). The van der Waals surface area contributed by atoms with E-state index in [1.54, 1.807) is 0 Å². The van der Waals surface area contributed by atoms with Crippen molar-refractivity contribution in [1.82, 2.24) is 0 Å². The van der Waals surface area contributed by atoms with E-state index in [1.165, 1.54) is 0 Å². The first kappa shape index (κ1) is 98.7. The molecule has 0 aliphatic heterocycles. The minimum atomic E-state index is 0. The zero-order valence-corrected chi connectivity index (χ0v) is 23.4. The number of hydrogen-bond donors (Lipinski definition) is 0. The second-order valence-electron chi connectivity index (χ2n) is 1.12. The third-order valence-corrected chi connectivity index (χ3v) is 0. The Bertz CT molecular complexity index is 475. The molecule has 0 atom stereocenters. The molecule has 2 radical (unpaired) electrons. The molecule has 0 aromatic rings. The average molecular weight is 570 g/mol. The SMILES string of the molecule is N#C[NH-].N#C[NH-].N#C[NH-].N#C[NH-].N#C[NH-].N#C[NH-].N#C[NH-].N#C[NH-].N#C[NH-].N#C[NH-].[Fe+5].[Fe+5].[H-].[H-].[Na+].[Na+]. The molecule has 20 nitrogen and oxygen atoms in total. The van der Waals surface area contributed by atoms with Crippen LogP contribution >= 0.6 is 0 Å². The van der Waals surface area contributed by atoms with Crippen LogP contribution in [0.2, 0.25) is 0 Å². The van der Waals surface area contributed by atoms with E-state index in [2.05, 4.69) is 0 Å². The van der Waals surface area contributed by atoms with Crippen LogP contribution in [0.3, 0.4) is 0 Å². The topological polar surface area (TPSA) is 476 Å². The standard InChI is InChI=1S/10CHN2.2Fe.2Na.2H/c10*2-1-3;;;;;;/h10*2H;;;;;;/q10*-1;2*+5;2*+1;2*-1. The van der Waals surface area contributed by atoms with E-state index in [-0.39, 0.29) is 96.1 Å². The van der Waals surface area contributed by atoms with Crippen molar-refractivity contribution in [3.8, 4) is 61.9 Å². The summed E-state index contributed by atoms with van der Waals surface area (Å²) in [6, 6.07) is 0. The Balaban J connectivity index is -0.00000000866. The van der Waals surface area contributed by atoms with E-state index in [0.29, 0.717) is 0 Å². The first-order chi connectivity index (χ1) is 14.1. The zero-order valence-electron chi connectivity index (χ0n) is 19.2. The summed E-state index contributed by atoms with van der Waals surface area (Å²) in [6.45, 7) is 0. The van der Waals surface area contributed by atoms with E-state index >= 15 is 0 Å². The summed E-state index contributed by atoms with van der Waals surface area (Å²) < 4.78 is 0. The van der Waals surface area contributed by atoms with Crippen molar-refractivity contribution < 1.29 is 96.1 Å². The van der Waals surface area contributed by atoms with Crippen molar-refractivity contribution in [1.29, 1.82) is 52.6 Å². The molecule has 0 bridgehead atoms. The molecule has 0 heterocycles. The fraction of sp³-hybridized carbons (Fsp3) is 0. The van der Waals surface area contributed by atoms with Crippen molar-refractivity contribution >= 4 is 0 Å². The van der Waals surface area contributed by atoms with Gasteiger partial charge in [-0.05, 0) is 0 Å². The fourth-order valence-electron chi connectivity index (χ4n) is 0. The van der Waals surface area contributed by atoms with Gasteiger partial charge in [0.25, 0.3) is 0 Å². The van der Waals surface area contributed by atoms with E-state index in [9.17, 15) is 0 Å². The monoisotopic (exact) mass is 570 g/mol. The van der Waals surface area contributed by atoms with Crippen molar-refractivity contribution in [2.45, 2.75) is 0 Å². The molecule has 0 amide bonds. The molecule has 24 heteroatoms. The summed E-state index contributed by atoms with van der Waals surface area (Å²) in [7, 11) is 0. The van der Waals surface area contributed by atoms with E-state index in [4.69, 9.17) is 110 Å². The largest absolute Gasteiger partial charge is 5.00 e. The molecule has 0 unspecified atom stereocenters. The predicted molar refractivity (Wildman–Crippen MR) is 102 cm³/mol. The second kappa shape index (κ2) is 640. The Hall–Kier alpha value is -4.06. The smallest absolute Gasteiger partial charge is 1.00 e. The Morgan fingerprint density at radius 1 is 0.265 bits per heavy atom. The molecule has 0 aliphatic rings. The minimum Gasteiger partial charge on any atom is -1.00 e. The van der Waals surface area contributed by atoms with Gasteiger partial charge in [0.15, 0.2) is 0 Å². The zero-order chi connectivity index (χ0) is 27.1. The van der Waals surface area contributed by atoms with E-state index in [1.807, 2.05) is 0 Å². The molecule has 0 aromatic carbocycles. The Morgan fingerprint density at radius 3 is 0.265 bits per heavy atom. The van der Waals surface area contributed by atoms with Crippen LogP contribution in [0, 0.1) is 115 Å². The molecule has 0 aliphatic carbocycles. The molecule has 0 saturated carbocycles. The van der Waals surface area contributed by atoms with Gasteiger partial charge >= 0.3 is 93.3 Å². The van der Waals surface area contributed by atoms with Crippen molar-refractivity contribution in [2.75, 3.05) is 0 Å². The number of hydrogen-bond acceptors (Lipinski definition) is 10. The summed E-state index contributed by atoms with van der Waals surface area (Å²) in [5, 5.41) is 69.9. The molecule has 0 saturated heterocycles. The maximum absolute atomic E-state index is 6.99. The van der Waals surface area contributed by atoms with Crippen LogP contribution in [0.4, 0.5) is 0 Å². The second-order valence-corrected chi connectivity index (χ2v) is 1.12. The van der Waals surface area contributed by atoms with Gasteiger partial charge in [0.05, 0.1) is 0 Å². The fourth-order valence-corrected chi connectivity index (χ4v) is 0. The first-order valence-electron chi connectivity index (χ1n) is 4.74. The summed E-state index contributed by atoms with van der Waals surface area (Å²) in [5.74, 6) is 0. The Labute approximate surface area is 265 Å². The quantitative estimate of drug-likeness (QED) is 0.263. The van der Waals surface area contributed by atoms with Gasteiger partial charge in [-0.3, -0.25) is 0 Å². The van der Waals surface area contributed by atoms with Gasteiger partial charge in [-0.1, -0.05) is 61.9 Å². The van der Waals surface area contributed by atoms with Crippen molar-refractivity contribution in [3.05, 3.63) is 57.3 Å². The van der Waals surface area contributed by atoms with Crippen LogP contribution in [0.25, 0.3) is 57.3 Å². The van der Waals surface area contributed by atoms with Crippen LogP contribution in [0.1, 0.15) is 2.85 Å². The Kier molecular flexibility index (Phi) is 1860. The summed E-state index contributed by atoms with van der Waals surface area (Å²) in [4.78, 5) is 0. The maximum Gasteiger partial charge on any atom is 5.00 e. The van der Waals surface area contributed by atoms with Crippen LogP contribution < -0.4 is 59.1 Å². The normalized spacial score (nSPS) is 2.06.